The van der Waals surface area contributed by atoms with Gasteiger partial charge in [-0.1, -0.05) is 12.1 Å². The highest BCUT2D eigenvalue weighted by molar-refractivity contribution is 6.02. The molecule has 35 heavy (non-hydrogen) atoms. The van der Waals surface area contributed by atoms with E-state index in [9.17, 15) is 14.0 Å². The third-order valence-corrected chi connectivity index (χ3v) is 6.87. The predicted octanol–water partition coefficient (Wildman–Crippen LogP) is 3.72. The van der Waals surface area contributed by atoms with Gasteiger partial charge in [0.2, 0.25) is 5.91 Å². The van der Waals surface area contributed by atoms with Gasteiger partial charge >= 0.3 is 5.63 Å². The maximum absolute atomic E-state index is 13.4. The van der Waals surface area contributed by atoms with E-state index in [1.807, 2.05) is 17.9 Å². The number of aliphatic hydroxyl groups excluding tert-OH is 1. The van der Waals surface area contributed by atoms with Gasteiger partial charge in [-0.3, -0.25) is 9.69 Å². The van der Waals surface area contributed by atoms with Gasteiger partial charge in [-0.2, -0.15) is 0 Å². The third kappa shape index (κ3) is 4.59. The molecule has 0 spiro atoms. The van der Waals surface area contributed by atoms with Crippen LogP contribution in [-0.2, 0) is 11.2 Å². The molecule has 1 aliphatic rings. The van der Waals surface area contributed by atoms with Crippen LogP contribution < -0.4 is 5.63 Å². The van der Waals surface area contributed by atoms with E-state index in [1.54, 1.807) is 24.5 Å². The Bertz CT molecular complexity index is 1430. The SMILES string of the molecule is Cc1c(CCC(=O)N2CCN(CCO)CC2)c(=O)oc2cc3occ(-c4ccc(F)cc4)c3cc12. The first kappa shape index (κ1) is 23.3. The summed E-state index contributed by atoms with van der Waals surface area (Å²) < 4.78 is 24.7. The second-order valence-corrected chi connectivity index (χ2v) is 8.94. The normalized spacial score (nSPS) is 14.8. The van der Waals surface area contributed by atoms with Crippen LogP contribution in [0.4, 0.5) is 4.39 Å². The fraction of sp³-hybridized carbons (Fsp3) is 0.333. The van der Waals surface area contributed by atoms with Gasteiger partial charge in [0.25, 0.3) is 0 Å². The quantitative estimate of drug-likeness (QED) is 0.425. The zero-order valence-electron chi connectivity index (χ0n) is 19.6. The summed E-state index contributed by atoms with van der Waals surface area (Å²) in [5.74, 6) is -0.299. The van der Waals surface area contributed by atoms with Crippen LogP contribution in [0.2, 0.25) is 0 Å². The molecule has 8 heteroatoms. The van der Waals surface area contributed by atoms with Crippen molar-refractivity contribution in [2.45, 2.75) is 19.8 Å². The van der Waals surface area contributed by atoms with Crippen LogP contribution in [0, 0.1) is 12.7 Å². The molecule has 2 aromatic carbocycles. The maximum atomic E-state index is 13.4. The molecular weight excluding hydrogens is 451 g/mol. The van der Waals surface area contributed by atoms with Gasteiger partial charge < -0.3 is 18.8 Å². The molecule has 1 N–H and O–H groups in total. The number of piperazine rings is 1. The molecule has 0 saturated carbocycles. The Balaban J connectivity index is 1.40. The van der Waals surface area contributed by atoms with Crippen LogP contribution in [-0.4, -0.2) is 60.1 Å². The van der Waals surface area contributed by atoms with Crippen LogP contribution in [0.5, 0.6) is 0 Å². The molecule has 1 fully saturated rings. The maximum Gasteiger partial charge on any atom is 0.339 e. The van der Waals surface area contributed by atoms with E-state index >= 15 is 0 Å². The number of aryl methyl sites for hydroxylation is 1. The van der Waals surface area contributed by atoms with Crippen molar-refractivity contribution in [2.24, 2.45) is 0 Å². The number of fused-ring (bicyclic) bond motifs is 2. The minimum atomic E-state index is -0.444. The first-order valence-electron chi connectivity index (χ1n) is 11.8. The highest BCUT2D eigenvalue weighted by atomic mass is 19.1. The Morgan fingerprint density at radius 2 is 1.80 bits per heavy atom. The topological polar surface area (TPSA) is 87.1 Å². The summed E-state index contributed by atoms with van der Waals surface area (Å²) in [6.45, 7) is 5.31. The van der Waals surface area contributed by atoms with Crippen LogP contribution in [0.1, 0.15) is 17.5 Å². The monoisotopic (exact) mass is 478 g/mol. The standard InChI is InChI=1S/C27H27FN2O5/c1-17-20(6-7-26(32)30-10-8-29(9-11-30)12-13-31)27(33)35-25-15-24-22(14-21(17)25)23(16-34-24)18-2-4-19(28)5-3-18/h2-5,14-16,31H,6-13H2,1H3. The summed E-state index contributed by atoms with van der Waals surface area (Å²) in [5, 5.41) is 10.7. The van der Waals surface area contributed by atoms with Gasteiger partial charge in [0, 0.05) is 67.1 Å². The summed E-state index contributed by atoms with van der Waals surface area (Å²) in [7, 11) is 0. The molecule has 3 heterocycles. The number of carbonyl (C=O) groups excluding carboxylic acids is 1. The summed E-state index contributed by atoms with van der Waals surface area (Å²) >= 11 is 0. The number of hydrogen-bond acceptors (Lipinski definition) is 6. The number of halogens is 1. The minimum Gasteiger partial charge on any atom is -0.464 e. The highest BCUT2D eigenvalue weighted by Crippen LogP contribution is 2.34. The number of benzene rings is 2. The van der Waals surface area contributed by atoms with Crippen LogP contribution in [0.3, 0.4) is 0 Å². The van der Waals surface area contributed by atoms with Gasteiger partial charge in [0.05, 0.1) is 12.9 Å². The molecule has 0 unspecified atom stereocenters. The number of hydrogen-bond donors (Lipinski definition) is 1. The van der Waals surface area contributed by atoms with Gasteiger partial charge in [-0.25, -0.2) is 9.18 Å². The Hall–Kier alpha value is -3.49. The molecule has 5 rings (SSSR count). The lowest BCUT2D eigenvalue weighted by Gasteiger charge is -2.34. The van der Waals surface area contributed by atoms with E-state index < -0.39 is 5.63 Å². The molecule has 1 aliphatic heterocycles. The van der Waals surface area contributed by atoms with E-state index in [0.29, 0.717) is 42.8 Å². The number of nitrogens with zero attached hydrogens (tertiary/aromatic N) is 2. The lowest BCUT2D eigenvalue weighted by Crippen LogP contribution is -2.49. The minimum absolute atomic E-state index is 0.0106. The summed E-state index contributed by atoms with van der Waals surface area (Å²) in [6, 6.07) is 9.83. The number of β-amino-alcohol motifs (C(OH)–C–C–N with tert-alkyl or cyclic N) is 1. The van der Waals surface area contributed by atoms with Crippen LogP contribution in [0.25, 0.3) is 33.1 Å². The van der Waals surface area contributed by atoms with E-state index in [1.165, 1.54) is 12.1 Å². The van der Waals surface area contributed by atoms with Crippen molar-refractivity contribution >= 4 is 27.8 Å². The zero-order valence-corrected chi connectivity index (χ0v) is 19.6. The van der Waals surface area contributed by atoms with Crippen molar-refractivity contribution in [1.29, 1.82) is 0 Å². The zero-order chi connectivity index (χ0) is 24.5. The van der Waals surface area contributed by atoms with Crippen LogP contribution in [0.15, 0.2) is 56.3 Å². The molecule has 1 saturated heterocycles. The Kier molecular flexibility index (Phi) is 6.40. The second kappa shape index (κ2) is 9.64. The second-order valence-electron chi connectivity index (χ2n) is 8.94. The van der Waals surface area contributed by atoms with Gasteiger partial charge in [-0.05, 0) is 42.7 Å². The molecule has 2 aromatic heterocycles. The number of carbonyl (C=O) groups is 1. The molecule has 0 bridgehead atoms. The fourth-order valence-electron chi connectivity index (χ4n) is 4.80. The number of furan rings is 1. The molecular formula is C27H27FN2O5. The van der Waals surface area contributed by atoms with Crippen LogP contribution >= 0.6 is 0 Å². The van der Waals surface area contributed by atoms with Crippen molar-refractivity contribution in [3.05, 3.63) is 70.0 Å². The van der Waals surface area contributed by atoms with E-state index in [2.05, 4.69) is 4.90 Å². The average molecular weight is 479 g/mol. The summed E-state index contributed by atoms with van der Waals surface area (Å²) in [6.07, 6.45) is 2.14. The molecule has 0 atom stereocenters. The molecule has 7 nitrogen and oxygen atoms in total. The molecule has 4 aromatic rings. The summed E-state index contributed by atoms with van der Waals surface area (Å²) in [5.41, 5.74) is 3.48. The number of rotatable bonds is 6. The largest absolute Gasteiger partial charge is 0.464 e. The average Bonchev–Trinajstić information content (AvgIpc) is 3.26. The van der Waals surface area contributed by atoms with E-state index in [0.717, 1.165) is 40.6 Å². The van der Waals surface area contributed by atoms with E-state index in [4.69, 9.17) is 13.9 Å². The highest BCUT2D eigenvalue weighted by Gasteiger charge is 2.22. The number of aliphatic hydroxyl groups is 1. The molecule has 0 aliphatic carbocycles. The van der Waals surface area contributed by atoms with Gasteiger partial charge in [-0.15, -0.1) is 0 Å². The first-order valence-corrected chi connectivity index (χ1v) is 11.8. The van der Waals surface area contributed by atoms with Crippen molar-refractivity contribution in [3.8, 4) is 11.1 Å². The summed E-state index contributed by atoms with van der Waals surface area (Å²) in [4.78, 5) is 29.5. The molecule has 0 radical (unpaired) electrons. The number of amides is 1. The Morgan fingerprint density at radius 3 is 2.51 bits per heavy atom. The van der Waals surface area contributed by atoms with Gasteiger partial charge in [0.15, 0.2) is 0 Å². The van der Waals surface area contributed by atoms with Crippen molar-refractivity contribution in [2.75, 3.05) is 39.3 Å². The molecule has 1 amide bonds. The van der Waals surface area contributed by atoms with Crippen molar-refractivity contribution < 1.29 is 23.1 Å². The van der Waals surface area contributed by atoms with E-state index in [-0.39, 0.29) is 24.8 Å². The lowest BCUT2D eigenvalue weighted by atomic mass is 9.98. The fourth-order valence-corrected chi connectivity index (χ4v) is 4.80. The Labute approximate surface area is 201 Å². The lowest BCUT2D eigenvalue weighted by molar-refractivity contribution is -0.132. The predicted molar refractivity (Wildman–Crippen MR) is 131 cm³/mol. The van der Waals surface area contributed by atoms with Crippen molar-refractivity contribution in [3.63, 3.8) is 0 Å². The third-order valence-electron chi connectivity index (χ3n) is 6.87. The van der Waals surface area contributed by atoms with Gasteiger partial charge in [0.1, 0.15) is 17.0 Å². The first-order chi connectivity index (χ1) is 16.9. The van der Waals surface area contributed by atoms with Crippen molar-refractivity contribution in [1.82, 2.24) is 9.80 Å². The smallest absolute Gasteiger partial charge is 0.339 e. The molecule has 182 valence electrons. The Morgan fingerprint density at radius 1 is 1.06 bits per heavy atom.